The lowest BCUT2D eigenvalue weighted by molar-refractivity contribution is -0.121. The van der Waals surface area contributed by atoms with Crippen molar-refractivity contribution >= 4 is 28.1 Å². The van der Waals surface area contributed by atoms with E-state index in [0.29, 0.717) is 29.2 Å². The Kier molecular flexibility index (Phi) is 9.97. The molecule has 0 saturated heterocycles. The van der Waals surface area contributed by atoms with Crippen LogP contribution in [0.4, 0.5) is 0 Å². The molecule has 2 amide bonds. The van der Waals surface area contributed by atoms with Crippen LogP contribution in [0.15, 0.2) is 82.8 Å². The summed E-state index contributed by atoms with van der Waals surface area (Å²) in [5.41, 5.74) is 9.72. The fourth-order valence-electron chi connectivity index (χ4n) is 3.44. The number of benzene rings is 3. The molecule has 0 unspecified atom stereocenters. The van der Waals surface area contributed by atoms with Crippen LogP contribution in [-0.2, 0) is 19.6 Å². The number of hydrogen-bond donors (Lipinski definition) is 3. The topological polar surface area (TPSA) is 149 Å². The smallest absolute Gasteiger partial charge is 0.255 e. The van der Waals surface area contributed by atoms with E-state index in [1.54, 1.807) is 67.6 Å². The van der Waals surface area contributed by atoms with E-state index < -0.39 is 27.9 Å². The van der Waals surface area contributed by atoms with Crippen molar-refractivity contribution in [3.63, 3.8) is 0 Å². The van der Waals surface area contributed by atoms with Gasteiger partial charge in [0.05, 0.1) is 23.8 Å². The lowest BCUT2D eigenvalue weighted by Crippen LogP contribution is -2.32. The predicted octanol–water partition coefficient (Wildman–Crippen LogP) is 2.82. The Labute approximate surface area is 221 Å². The van der Waals surface area contributed by atoms with E-state index in [2.05, 4.69) is 15.2 Å². The third-order valence-electron chi connectivity index (χ3n) is 5.26. The molecule has 0 aromatic heterocycles. The number of primary amides is 1. The van der Waals surface area contributed by atoms with Crippen LogP contribution < -0.4 is 25.4 Å². The Balaban J connectivity index is 1.70. The van der Waals surface area contributed by atoms with Crippen LogP contribution in [0.3, 0.4) is 0 Å². The highest BCUT2D eigenvalue weighted by molar-refractivity contribution is 7.89. The number of hydrazone groups is 1. The number of aryl methyl sites for hydroxylation is 1. The summed E-state index contributed by atoms with van der Waals surface area (Å²) in [6.07, 6.45) is 1.23. The van der Waals surface area contributed by atoms with Crippen molar-refractivity contribution in [1.82, 2.24) is 10.1 Å². The van der Waals surface area contributed by atoms with E-state index in [0.717, 1.165) is 5.56 Å². The van der Waals surface area contributed by atoms with Crippen molar-refractivity contribution in [3.8, 4) is 11.5 Å². The zero-order chi connectivity index (χ0) is 27.5. The number of rotatable bonds is 13. The van der Waals surface area contributed by atoms with E-state index in [-0.39, 0.29) is 17.9 Å². The fourth-order valence-corrected chi connectivity index (χ4v) is 4.66. The molecule has 0 spiro atoms. The summed E-state index contributed by atoms with van der Waals surface area (Å²) in [5, 5.41) is 3.99. The molecular weight excluding hydrogens is 508 g/mol. The number of hydrogen-bond acceptors (Lipinski definition) is 7. The van der Waals surface area contributed by atoms with Gasteiger partial charge in [-0.25, -0.2) is 18.6 Å². The molecule has 200 valence electrons. The second-order valence-corrected chi connectivity index (χ2v) is 10.0. The average Bonchev–Trinajstić information content (AvgIpc) is 2.88. The van der Waals surface area contributed by atoms with Crippen molar-refractivity contribution in [1.29, 1.82) is 0 Å². The minimum absolute atomic E-state index is 0.107. The quantitative estimate of drug-likeness (QED) is 0.225. The van der Waals surface area contributed by atoms with Crippen molar-refractivity contribution in [2.24, 2.45) is 10.8 Å². The Morgan fingerprint density at radius 3 is 2.37 bits per heavy atom. The molecule has 3 aromatic carbocycles. The first-order valence-electron chi connectivity index (χ1n) is 11.8. The third kappa shape index (κ3) is 8.43. The minimum atomic E-state index is -3.88. The molecule has 0 bridgehead atoms. The van der Waals surface area contributed by atoms with Gasteiger partial charge in [0, 0.05) is 6.42 Å². The second kappa shape index (κ2) is 13.4. The van der Waals surface area contributed by atoms with E-state index in [1.807, 2.05) is 6.92 Å². The van der Waals surface area contributed by atoms with Crippen LogP contribution in [0, 0.1) is 6.92 Å². The summed E-state index contributed by atoms with van der Waals surface area (Å²) in [6, 6.07) is 19.4. The maximum Gasteiger partial charge on any atom is 0.255 e. The highest BCUT2D eigenvalue weighted by Crippen LogP contribution is 2.28. The Hall–Kier alpha value is -4.22. The number of nitrogens with zero attached hydrogens (tertiary/aromatic N) is 1. The molecule has 3 aromatic rings. The molecule has 38 heavy (non-hydrogen) atoms. The first-order valence-corrected chi connectivity index (χ1v) is 13.3. The molecule has 0 radical (unpaired) electrons. The van der Waals surface area contributed by atoms with Crippen LogP contribution in [0.1, 0.15) is 36.1 Å². The number of nitrogens with one attached hydrogen (secondary N) is 2. The molecule has 0 saturated carbocycles. The normalized spacial score (nSPS) is 12.2. The maximum absolute atomic E-state index is 13.0. The molecule has 4 N–H and O–H groups in total. The fraction of sp³-hybridized carbons (Fsp3) is 0.222. The van der Waals surface area contributed by atoms with Crippen molar-refractivity contribution in [3.05, 3.63) is 89.5 Å². The van der Waals surface area contributed by atoms with E-state index in [9.17, 15) is 18.0 Å². The van der Waals surface area contributed by atoms with Gasteiger partial charge in [0.15, 0.2) is 18.1 Å². The molecule has 11 heteroatoms. The number of ether oxygens (including phenoxy) is 2. The number of carbonyl (C=O) groups excluding carboxylic acids is 2. The van der Waals surface area contributed by atoms with Gasteiger partial charge in [-0.3, -0.25) is 9.59 Å². The van der Waals surface area contributed by atoms with Crippen LogP contribution in [0.5, 0.6) is 11.5 Å². The van der Waals surface area contributed by atoms with E-state index in [1.165, 1.54) is 18.3 Å². The number of carbonyl (C=O) groups is 2. The molecule has 0 heterocycles. The number of amides is 2. The molecule has 3 rings (SSSR count). The highest BCUT2D eigenvalue weighted by atomic mass is 32.2. The highest BCUT2D eigenvalue weighted by Gasteiger charge is 2.23. The van der Waals surface area contributed by atoms with Crippen molar-refractivity contribution in [2.75, 3.05) is 13.2 Å². The summed E-state index contributed by atoms with van der Waals surface area (Å²) in [6.45, 7) is 3.74. The molecule has 0 aliphatic heterocycles. The summed E-state index contributed by atoms with van der Waals surface area (Å²) < 4.78 is 39.5. The molecule has 0 aliphatic rings. The van der Waals surface area contributed by atoms with Gasteiger partial charge in [0.25, 0.3) is 5.91 Å². The molecular formula is C27H30N4O6S. The van der Waals surface area contributed by atoms with Gasteiger partial charge >= 0.3 is 0 Å². The van der Waals surface area contributed by atoms with E-state index >= 15 is 0 Å². The largest absolute Gasteiger partial charge is 0.490 e. The number of nitrogens with two attached hydrogens (primary N) is 1. The zero-order valence-electron chi connectivity index (χ0n) is 21.1. The van der Waals surface area contributed by atoms with Gasteiger partial charge in [0.1, 0.15) is 0 Å². The van der Waals surface area contributed by atoms with Crippen LogP contribution in [0.25, 0.3) is 0 Å². The molecule has 0 fully saturated rings. The number of sulfonamides is 1. The monoisotopic (exact) mass is 538 g/mol. The second-order valence-electron chi connectivity index (χ2n) is 8.29. The van der Waals surface area contributed by atoms with Gasteiger partial charge in [-0.15, -0.1) is 0 Å². The lowest BCUT2D eigenvalue weighted by Gasteiger charge is -2.18. The van der Waals surface area contributed by atoms with Gasteiger partial charge < -0.3 is 15.2 Å². The first kappa shape index (κ1) is 28.4. The lowest BCUT2D eigenvalue weighted by atomic mass is 10.0. The van der Waals surface area contributed by atoms with Gasteiger partial charge in [-0.1, -0.05) is 48.0 Å². The summed E-state index contributed by atoms with van der Waals surface area (Å²) in [4.78, 5) is 23.8. The zero-order valence-corrected chi connectivity index (χ0v) is 21.9. The summed E-state index contributed by atoms with van der Waals surface area (Å²) >= 11 is 0. The Bertz CT molecular complexity index is 1380. The van der Waals surface area contributed by atoms with Crippen molar-refractivity contribution < 1.29 is 27.5 Å². The average molecular weight is 539 g/mol. The summed E-state index contributed by atoms with van der Waals surface area (Å²) in [5.74, 6) is -0.374. The van der Waals surface area contributed by atoms with Crippen LogP contribution >= 0.6 is 0 Å². The SMILES string of the molecule is CCOc1cc(/C=N\NC(=O)C[C@@H](NS(=O)(=O)c2ccc(C)cc2)c2ccccc2)ccc1OCC(N)=O. The van der Waals surface area contributed by atoms with Gasteiger partial charge in [-0.2, -0.15) is 5.10 Å². The van der Waals surface area contributed by atoms with Crippen molar-refractivity contribution in [2.45, 2.75) is 31.2 Å². The molecule has 0 aliphatic carbocycles. The van der Waals surface area contributed by atoms with Gasteiger partial charge in [-0.05, 0) is 55.3 Å². The predicted molar refractivity (Wildman–Crippen MR) is 143 cm³/mol. The third-order valence-corrected chi connectivity index (χ3v) is 6.75. The molecule has 10 nitrogen and oxygen atoms in total. The minimum Gasteiger partial charge on any atom is -0.490 e. The maximum atomic E-state index is 13.0. The van der Waals surface area contributed by atoms with Crippen LogP contribution in [-0.4, -0.2) is 39.7 Å². The Morgan fingerprint density at radius 1 is 1.00 bits per heavy atom. The summed E-state index contributed by atoms with van der Waals surface area (Å²) in [7, 11) is -3.88. The van der Waals surface area contributed by atoms with Crippen LogP contribution in [0.2, 0.25) is 0 Å². The Morgan fingerprint density at radius 2 is 1.71 bits per heavy atom. The van der Waals surface area contributed by atoms with E-state index in [4.69, 9.17) is 15.2 Å². The molecule has 1 atom stereocenters. The van der Waals surface area contributed by atoms with Gasteiger partial charge in [0.2, 0.25) is 15.9 Å². The standard InChI is InChI=1S/C27H30N4O6S/c1-3-36-25-15-20(11-14-24(25)37-18-26(28)32)17-29-30-27(33)16-23(21-7-5-4-6-8-21)31-38(34,35)22-12-9-19(2)10-13-22/h4-15,17,23,31H,3,16,18H2,1-2H3,(H2,28,32)(H,30,33)/b29-17-/t23-/m1/s1. The first-order chi connectivity index (χ1) is 18.2.